The second kappa shape index (κ2) is 6.34. The van der Waals surface area contributed by atoms with Crippen LogP contribution in [-0.4, -0.2) is 19.0 Å². The molecule has 0 saturated carbocycles. The molecule has 0 N–H and O–H groups in total. The van der Waals surface area contributed by atoms with E-state index in [4.69, 9.17) is 4.74 Å². The number of hydrogen-bond acceptors (Lipinski definition) is 4. The summed E-state index contributed by atoms with van der Waals surface area (Å²) in [5.74, 6) is -0.936. The SMILES string of the molecule is COC(=O)c1cc(Br)ccc1OC(=O)c1ccccc1. The molecule has 4 nitrogen and oxygen atoms in total. The van der Waals surface area contributed by atoms with E-state index in [1.54, 1.807) is 42.5 Å². The van der Waals surface area contributed by atoms with Crippen molar-refractivity contribution in [2.45, 2.75) is 0 Å². The number of ether oxygens (including phenoxy) is 2. The van der Waals surface area contributed by atoms with Crippen molar-refractivity contribution in [1.82, 2.24) is 0 Å². The largest absolute Gasteiger partial charge is 0.465 e. The van der Waals surface area contributed by atoms with Gasteiger partial charge in [-0.15, -0.1) is 0 Å². The molecule has 0 aliphatic rings. The third-order valence-electron chi connectivity index (χ3n) is 2.56. The van der Waals surface area contributed by atoms with Gasteiger partial charge in [0, 0.05) is 4.47 Å². The fourth-order valence-electron chi connectivity index (χ4n) is 1.59. The lowest BCUT2D eigenvalue weighted by Crippen LogP contribution is -2.12. The average Bonchev–Trinajstić information content (AvgIpc) is 2.49. The molecule has 0 amide bonds. The molecule has 0 aliphatic carbocycles. The van der Waals surface area contributed by atoms with Crippen molar-refractivity contribution < 1.29 is 19.1 Å². The number of methoxy groups -OCH3 is 1. The van der Waals surface area contributed by atoms with Gasteiger partial charge in [-0.3, -0.25) is 0 Å². The van der Waals surface area contributed by atoms with Crippen LogP contribution in [0.15, 0.2) is 53.0 Å². The lowest BCUT2D eigenvalue weighted by Gasteiger charge is -2.09. The summed E-state index contributed by atoms with van der Waals surface area (Å²) in [6, 6.07) is 13.3. The number of benzene rings is 2. The Bertz CT molecular complexity index is 638. The Labute approximate surface area is 124 Å². The van der Waals surface area contributed by atoms with Gasteiger partial charge in [-0.2, -0.15) is 0 Å². The van der Waals surface area contributed by atoms with Crippen LogP contribution in [0.5, 0.6) is 5.75 Å². The molecular formula is C15H11BrO4. The van der Waals surface area contributed by atoms with Gasteiger partial charge in [0.15, 0.2) is 0 Å². The fourth-order valence-corrected chi connectivity index (χ4v) is 1.95. The summed E-state index contributed by atoms with van der Waals surface area (Å²) < 4.78 is 10.6. The van der Waals surface area contributed by atoms with Crippen molar-refractivity contribution >= 4 is 27.9 Å². The molecule has 0 bridgehead atoms. The van der Waals surface area contributed by atoms with Crippen molar-refractivity contribution in [2.24, 2.45) is 0 Å². The maximum atomic E-state index is 12.0. The van der Waals surface area contributed by atoms with Gasteiger partial charge in [0.25, 0.3) is 0 Å². The molecule has 0 saturated heterocycles. The van der Waals surface area contributed by atoms with Gasteiger partial charge in [-0.25, -0.2) is 9.59 Å². The molecule has 0 heterocycles. The zero-order valence-corrected chi connectivity index (χ0v) is 12.2. The van der Waals surface area contributed by atoms with Gasteiger partial charge in [0.05, 0.1) is 12.7 Å². The van der Waals surface area contributed by atoms with Gasteiger partial charge >= 0.3 is 11.9 Å². The van der Waals surface area contributed by atoms with Crippen LogP contribution in [0.4, 0.5) is 0 Å². The average molecular weight is 335 g/mol. The van der Waals surface area contributed by atoms with Crippen LogP contribution in [0.3, 0.4) is 0 Å². The van der Waals surface area contributed by atoms with Gasteiger partial charge < -0.3 is 9.47 Å². The minimum atomic E-state index is -0.567. The van der Waals surface area contributed by atoms with Crippen LogP contribution in [0.25, 0.3) is 0 Å². The van der Waals surface area contributed by atoms with Crippen LogP contribution < -0.4 is 4.74 Å². The lowest BCUT2D eigenvalue weighted by molar-refractivity contribution is 0.0593. The Morgan fingerprint density at radius 3 is 2.35 bits per heavy atom. The third kappa shape index (κ3) is 3.24. The van der Waals surface area contributed by atoms with E-state index in [-0.39, 0.29) is 11.3 Å². The normalized spacial score (nSPS) is 9.90. The van der Waals surface area contributed by atoms with Crippen molar-refractivity contribution in [3.8, 4) is 5.75 Å². The van der Waals surface area contributed by atoms with E-state index in [1.165, 1.54) is 13.2 Å². The number of carbonyl (C=O) groups excluding carboxylic acids is 2. The van der Waals surface area contributed by atoms with Crippen molar-refractivity contribution in [1.29, 1.82) is 0 Å². The first kappa shape index (κ1) is 14.3. The summed E-state index contributed by atoms with van der Waals surface area (Å²) in [5, 5.41) is 0. The molecule has 2 rings (SSSR count). The van der Waals surface area contributed by atoms with E-state index in [0.29, 0.717) is 10.0 Å². The van der Waals surface area contributed by atoms with E-state index in [9.17, 15) is 9.59 Å². The lowest BCUT2D eigenvalue weighted by atomic mass is 10.2. The Morgan fingerprint density at radius 1 is 1.00 bits per heavy atom. The molecule has 5 heteroatoms. The monoisotopic (exact) mass is 334 g/mol. The van der Waals surface area contributed by atoms with Gasteiger partial charge in [-0.1, -0.05) is 34.1 Å². The molecular weight excluding hydrogens is 324 g/mol. The predicted molar refractivity (Wildman–Crippen MR) is 76.9 cm³/mol. The fraction of sp³-hybridized carbons (Fsp3) is 0.0667. The molecule has 2 aromatic rings. The Kier molecular flexibility index (Phi) is 4.53. The topological polar surface area (TPSA) is 52.6 Å². The highest BCUT2D eigenvalue weighted by atomic mass is 79.9. The smallest absolute Gasteiger partial charge is 0.343 e. The van der Waals surface area contributed by atoms with E-state index >= 15 is 0 Å². The van der Waals surface area contributed by atoms with Crippen LogP contribution >= 0.6 is 15.9 Å². The van der Waals surface area contributed by atoms with Crippen molar-refractivity contribution in [3.05, 3.63) is 64.1 Å². The highest BCUT2D eigenvalue weighted by molar-refractivity contribution is 9.10. The molecule has 0 radical (unpaired) electrons. The van der Waals surface area contributed by atoms with E-state index in [0.717, 1.165) is 0 Å². The molecule has 0 aromatic heterocycles. The highest BCUT2D eigenvalue weighted by Gasteiger charge is 2.17. The molecule has 0 aliphatic heterocycles. The third-order valence-corrected chi connectivity index (χ3v) is 3.05. The number of esters is 2. The van der Waals surface area contributed by atoms with Crippen LogP contribution in [-0.2, 0) is 4.74 Å². The predicted octanol–water partition coefficient (Wildman–Crippen LogP) is 3.45. The summed E-state index contributed by atoms with van der Waals surface area (Å²) in [4.78, 5) is 23.6. The maximum absolute atomic E-state index is 12.0. The van der Waals surface area contributed by atoms with Crippen LogP contribution in [0.2, 0.25) is 0 Å². The number of hydrogen-bond donors (Lipinski definition) is 0. The molecule has 0 atom stereocenters. The van der Waals surface area contributed by atoms with E-state index in [1.807, 2.05) is 0 Å². The van der Waals surface area contributed by atoms with Crippen molar-refractivity contribution in [3.63, 3.8) is 0 Å². The Hall–Kier alpha value is -2.14. The summed E-state index contributed by atoms with van der Waals surface area (Å²) >= 11 is 3.26. The number of carbonyl (C=O) groups is 2. The molecule has 20 heavy (non-hydrogen) atoms. The second-order valence-electron chi connectivity index (χ2n) is 3.89. The molecule has 102 valence electrons. The molecule has 2 aromatic carbocycles. The summed E-state index contributed by atoms with van der Waals surface area (Å²) in [5.41, 5.74) is 0.595. The maximum Gasteiger partial charge on any atom is 0.343 e. The Morgan fingerprint density at radius 2 is 1.70 bits per heavy atom. The van der Waals surface area contributed by atoms with Crippen molar-refractivity contribution in [2.75, 3.05) is 7.11 Å². The first-order chi connectivity index (χ1) is 9.61. The molecule has 0 fully saturated rings. The minimum absolute atomic E-state index is 0.161. The summed E-state index contributed by atoms with van der Waals surface area (Å²) in [7, 11) is 1.27. The minimum Gasteiger partial charge on any atom is -0.465 e. The van der Waals surface area contributed by atoms with E-state index < -0.39 is 11.9 Å². The summed E-state index contributed by atoms with van der Waals surface area (Å²) in [6.07, 6.45) is 0. The summed E-state index contributed by atoms with van der Waals surface area (Å²) in [6.45, 7) is 0. The van der Waals surface area contributed by atoms with Crippen LogP contribution in [0.1, 0.15) is 20.7 Å². The zero-order valence-electron chi connectivity index (χ0n) is 10.6. The zero-order chi connectivity index (χ0) is 14.5. The molecule has 0 unspecified atom stereocenters. The van der Waals surface area contributed by atoms with Gasteiger partial charge in [-0.05, 0) is 30.3 Å². The standard InChI is InChI=1S/C15H11BrO4/c1-19-15(18)12-9-11(16)7-8-13(12)20-14(17)10-5-3-2-4-6-10/h2-9H,1H3. The number of rotatable bonds is 3. The first-order valence-electron chi connectivity index (χ1n) is 5.77. The first-order valence-corrected chi connectivity index (χ1v) is 6.56. The highest BCUT2D eigenvalue weighted by Crippen LogP contribution is 2.24. The number of halogens is 1. The molecule has 0 spiro atoms. The van der Waals surface area contributed by atoms with Gasteiger partial charge in [0.2, 0.25) is 0 Å². The second-order valence-corrected chi connectivity index (χ2v) is 4.80. The van der Waals surface area contributed by atoms with E-state index in [2.05, 4.69) is 20.7 Å². The quantitative estimate of drug-likeness (QED) is 0.637. The van der Waals surface area contributed by atoms with Crippen LogP contribution in [0, 0.1) is 0 Å². The van der Waals surface area contributed by atoms with Gasteiger partial charge in [0.1, 0.15) is 11.3 Å². The Balaban J connectivity index is 2.30.